The number of pyridine rings is 1. The Hall–Kier alpha value is -2.93. The van der Waals surface area contributed by atoms with Crippen LogP contribution in [0.2, 0.25) is 0 Å². The summed E-state index contributed by atoms with van der Waals surface area (Å²) in [7, 11) is 2.26. The molecular weight excluding hydrogens is 404 g/mol. The van der Waals surface area contributed by atoms with Crippen LogP contribution in [0.15, 0.2) is 36.9 Å². The highest BCUT2D eigenvalue weighted by Crippen LogP contribution is 2.40. The maximum absolute atomic E-state index is 14.5. The molecule has 3 aromatic rings. The van der Waals surface area contributed by atoms with Gasteiger partial charge in [-0.3, -0.25) is 9.89 Å². The third-order valence-corrected chi connectivity index (χ3v) is 5.43. The number of anilines is 2. The van der Waals surface area contributed by atoms with Crippen molar-refractivity contribution in [3.63, 3.8) is 0 Å². The van der Waals surface area contributed by atoms with E-state index in [0.717, 1.165) is 5.69 Å². The zero-order valence-electron chi connectivity index (χ0n) is 16.8. The minimum Gasteiger partial charge on any atom is -0.351 e. The summed E-state index contributed by atoms with van der Waals surface area (Å²) < 4.78 is 14.5. The second-order valence-corrected chi connectivity index (χ2v) is 8.71. The van der Waals surface area contributed by atoms with Gasteiger partial charge in [0.1, 0.15) is 11.2 Å². The number of halogens is 1. The lowest BCUT2D eigenvalue weighted by molar-refractivity contribution is 0.102. The van der Waals surface area contributed by atoms with Crippen molar-refractivity contribution < 1.29 is 9.18 Å². The van der Waals surface area contributed by atoms with Crippen LogP contribution in [0.4, 0.5) is 15.9 Å². The number of alkyl halides is 1. The third kappa shape index (κ3) is 4.16. The quantitative estimate of drug-likeness (QED) is 0.606. The Bertz CT molecular complexity index is 1040. The summed E-state index contributed by atoms with van der Waals surface area (Å²) in [6.07, 6.45) is 6.66. The second kappa shape index (κ2) is 8.07. The van der Waals surface area contributed by atoms with Crippen molar-refractivity contribution in [3.8, 4) is 11.3 Å². The van der Waals surface area contributed by atoms with Crippen LogP contribution in [0.1, 0.15) is 42.4 Å². The van der Waals surface area contributed by atoms with E-state index in [2.05, 4.69) is 39.7 Å². The van der Waals surface area contributed by atoms with Crippen LogP contribution in [-0.2, 0) is 0 Å². The first-order valence-corrected chi connectivity index (χ1v) is 10.3. The van der Waals surface area contributed by atoms with Crippen molar-refractivity contribution in [2.75, 3.05) is 23.3 Å². The molecule has 0 saturated carbocycles. The fraction of sp³-hybridized carbons (Fsp3) is 0.350. The molecule has 30 heavy (non-hydrogen) atoms. The van der Waals surface area contributed by atoms with E-state index >= 15 is 0 Å². The molecule has 2 atom stereocenters. The molecule has 156 valence electrons. The number of H-pyrrole nitrogens is 1. The molecule has 3 aromatic heterocycles. The Morgan fingerprint density at radius 3 is 2.63 bits per heavy atom. The molecule has 0 aliphatic carbocycles. The number of carbonyl (C=O) groups excluding carboxylic acids is 1. The van der Waals surface area contributed by atoms with Crippen LogP contribution in [0.25, 0.3) is 11.3 Å². The first-order chi connectivity index (χ1) is 14.3. The predicted molar refractivity (Wildman–Crippen MR) is 116 cm³/mol. The summed E-state index contributed by atoms with van der Waals surface area (Å²) in [6.45, 7) is 4.64. The lowest BCUT2D eigenvalue weighted by atomic mass is 10.1. The molecule has 4 heterocycles. The largest absolute Gasteiger partial charge is 0.351 e. The van der Waals surface area contributed by atoms with Gasteiger partial charge in [-0.25, -0.2) is 19.3 Å². The van der Waals surface area contributed by atoms with Gasteiger partial charge in [0.2, 0.25) is 0 Å². The van der Waals surface area contributed by atoms with Crippen LogP contribution in [-0.4, -0.2) is 49.6 Å². The Kier molecular flexibility index (Phi) is 5.47. The fourth-order valence-electron chi connectivity index (χ4n) is 3.36. The van der Waals surface area contributed by atoms with Crippen molar-refractivity contribution in [2.45, 2.75) is 31.6 Å². The van der Waals surface area contributed by atoms with Crippen molar-refractivity contribution in [1.82, 2.24) is 25.1 Å². The van der Waals surface area contributed by atoms with E-state index in [0.29, 0.717) is 41.4 Å². The Morgan fingerprint density at radius 1 is 1.27 bits per heavy atom. The second-order valence-electron chi connectivity index (χ2n) is 7.67. The van der Waals surface area contributed by atoms with Crippen molar-refractivity contribution in [1.29, 1.82) is 0 Å². The molecule has 1 fully saturated rings. The molecule has 2 unspecified atom stereocenters. The summed E-state index contributed by atoms with van der Waals surface area (Å²) in [6, 6.07) is 3.58. The highest BCUT2D eigenvalue weighted by atomic mass is 31.0. The molecule has 0 spiro atoms. The normalized spacial score (nSPS) is 18.8. The maximum atomic E-state index is 14.5. The third-order valence-electron chi connectivity index (χ3n) is 4.96. The average molecular weight is 427 g/mol. The van der Waals surface area contributed by atoms with Gasteiger partial charge in [0.05, 0.1) is 23.5 Å². The zero-order valence-corrected chi connectivity index (χ0v) is 17.9. The van der Waals surface area contributed by atoms with Crippen molar-refractivity contribution >= 4 is 26.7 Å². The van der Waals surface area contributed by atoms with Gasteiger partial charge in [0, 0.05) is 49.2 Å². The number of aromatic amines is 1. The number of carbonyl (C=O) groups is 1. The molecular formula is C20H23FN7OP. The molecule has 2 N–H and O–H groups in total. The standard InChI is InChI=1S/C20H23FN7OP/c1-12(2)17-23-9-13(10-24-17)19(29)26-16-14(15-4-7-25-27-15)3-6-22-18(16)28-8-5-20(21,30)11-28/h3-4,6-7,9-10,12H,5,8,11,30H2,1-2H3,(H,25,27)(H,26,29). The summed E-state index contributed by atoms with van der Waals surface area (Å²) in [4.78, 5) is 27.8. The number of nitrogens with one attached hydrogen (secondary N) is 2. The van der Waals surface area contributed by atoms with Gasteiger partial charge in [-0.1, -0.05) is 23.1 Å². The average Bonchev–Trinajstić information content (AvgIpc) is 3.37. The Labute approximate surface area is 175 Å². The highest BCUT2D eigenvalue weighted by molar-refractivity contribution is 7.18. The van der Waals surface area contributed by atoms with Crippen LogP contribution in [0.3, 0.4) is 0 Å². The van der Waals surface area contributed by atoms with Crippen LogP contribution >= 0.6 is 9.24 Å². The van der Waals surface area contributed by atoms with Crippen molar-refractivity contribution in [3.05, 3.63) is 48.3 Å². The molecule has 8 nitrogen and oxygen atoms in total. The van der Waals surface area contributed by atoms with Gasteiger partial charge < -0.3 is 10.2 Å². The molecule has 1 saturated heterocycles. The van der Waals surface area contributed by atoms with Gasteiger partial charge in [0.15, 0.2) is 5.82 Å². The first kappa shape index (κ1) is 20.3. The lowest BCUT2D eigenvalue weighted by Crippen LogP contribution is -2.26. The monoisotopic (exact) mass is 427 g/mol. The topological polar surface area (TPSA) is 99.7 Å². The molecule has 1 amide bonds. The fourth-order valence-corrected chi connectivity index (χ4v) is 3.71. The number of rotatable bonds is 5. The van der Waals surface area contributed by atoms with Crippen molar-refractivity contribution in [2.24, 2.45) is 0 Å². The Balaban J connectivity index is 1.70. The van der Waals surface area contributed by atoms with E-state index in [9.17, 15) is 9.18 Å². The lowest BCUT2D eigenvalue weighted by Gasteiger charge is -2.23. The van der Waals surface area contributed by atoms with Gasteiger partial charge in [0.25, 0.3) is 5.91 Å². The van der Waals surface area contributed by atoms with Crippen LogP contribution in [0.5, 0.6) is 0 Å². The molecule has 10 heteroatoms. The number of amides is 1. The van der Waals surface area contributed by atoms with E-state index in [1.165, 1.54) is 12.4 Å². The predicted octanol–water partition coefficient (Wildman–Crippen LogP) is 3.39. The van der Waals surface area contributed by atoms with E-state index in [1.54, 1.807) is 24.5 Å². The number of aromatic nitrogens is 5. The molecule has 0 radical (unpaired) electrons. The highest BCUT2D eigenvalue weighted by Gasteiger charge is 2.36. The molecule has 1 aliphatic rings. The first-order valence-electron chi connectivity index (χ1n) is 9.69. The van der Waals surface area contributed by atoms with Gasteiger partial charge in [-0.15, -0.1) is 0 Å². The van der Waals surface area contributed by atoms with E-state index in [-0.39, 0.29) is 18.4 Å². The molecule has 4 rings (SSSR count). The van der Waals surface area contributed by atoms with E-state index < -0.39 is 5.41 Å². The zero-order chi connectivity index (χ0) is 21.3. The van der Waals surface area contributed by atoms with Gasteiger partial charge in [-0.05, 0) is 12.1 Å². The SMILES string of the molecule is CC(C)c1ncc(C(=O)Nc2c(-c3ccn[nH]3)ccnc2N2CCC(F)(P)C2)cn1. The Morgan fingerprint density at radius 2 is 2.03 bits per heavy atom. The molecule has 0 bridgehead atoms. The summed E-state index contributed by atoms with van der Waals surface area (Å²) in [5.41, 5.74) is 2.25. The smallest absolute Gasteiger partial charge is 0.258 e. The minimum atomic E-state index is -1.38. The minimum absolute atomic E-state index is 0.169. The van der Waals surface area contributed by atoms with E-state index in [1.807, 2.05) is 18.7 Å². The summed E-state index contributed by atoms with van der Waals surface area (Å²) >= 11 is 0. The number of nitrogens with zero attached hydrogens (tertiary/aromatic N) is 5. The summed E-state index contributed by atoms with van der Waals surface area (Å²) in [5.74, 6) is 0.986. The van der Waals surface area contributed by atoms with Crippen LogP contribution in [0, 0.1) is 0 Å². The summed E-state index contributed by atoms with van der Waals surface area (Å²) in [5, 5.41) is 8.46. The van der Waals surface area contributed by atoms with Gasteiger partial charge in [-0.2, -0.15) is 5.10 Å². The van der Waals surface area contributed by atoms with Gasteiger partial charge >= 0.3 is 0 Å². The maximum Gasteiger partial charge on any atom is 0.258 e. The number of hydrogen-bond donors (Lipinski definition) is 2. The van der Waals surface area contributed by atoms with E-state index in [4.69, 9.17) is 0 Å². The molecule has 0 aromatic carbocycles. The molecule has 1 aliphatic heterocycles. The number of hydrogen-bond acceptors (Lipinski definition) is 6. The van der Waals surface area contributed by atoms with Crippen LogP contribution < -0.4 is 10.2 Å².